The molecule has 0 bridgehead atoms. The Hall–Kier alpha value is -2.29. The Morgan fingerprint density at radius 3 is 1.63 bits per heavy atom. The fourth-order valence-electron chi connectivity index (χ4n) is 3.19. The lowest BCUT2D eigenvalue weighted by molar-refractivity contribution is -0.139. The van der Waals surface area contributed by atoms with Crippen LogP contribution >= 0.6 is 23.2 Å². The van der Waals surface area contributed by atoms with E-state index < -0.39 is 11.9 Å². The second-order valence-corrected chi connectivity index (χ2v) is 7.41. The summed E-state index contributed by atoms with van der Waals surface area (Å²) in [6, 6.07) is 21.2. The molecule has 0 aliphatic carbocycles. The van der Waals surface area contributed by atoms with E-state index in [4.69, 9.17) is 23.2 Å². The molecule has 3 rings (SSSR count). The van der Waals surface area contributed by atoms with Crippen molar-refractivity contribution in [3.8, 4) is 22.3 Å². The fourth-order valence-corrected chi connectivity index (χ4v) is 3.44. The van der Waals surface area contributed by atoms with E-state index in [1.165, 1.54) is 0 Å². The average molecular weight is 399 g/mol. The Morgan fingerprint density at radius 1 is 0.815 bits per heavy atom. The van der Waals surface area contributed by atoms with E-state index in [2.05, 4.69) is 6.07 Å². The summed E-state index contributed by atoms with van der Waals surface area (Å²) in [6.07, 6.45) is 1.40. The summed E-state index contributed by atoms with van der Waals surface area (Å²) >= 11 is 12.0. The predicted octanol–water partition coefficient (Wildman–Crippen LogP) is 7.30. The molecule has 1 N–H and O–H groups in total. The average Bonchev–Trinajstić information content (AvgIpc) is 2.66. The summed E-state index contributed by atoms with van der Waals surface area (Å²) in [4.78, 5) is 11.8. The molecule has 3 aromatic rings. The van der Waals surface area contributed by atoms with Gasteiger partial charge in [0.05, 0.1) is 5.92 Å². The second kappa shape index (κ2) is 8.60. The molecule has 1 unspecified atom stereocenters. The quantitative estimate of drug-likeness (QED) is 0.472. The molecule has 2 nitrogen and oxygen atoms in total. The van der Waals surface area contributed by atoms with Gasteiger partial charge in [-0.1, -0.05) is 72.9 Å². The lowest BCUT2D eigenvalue weighted by atomic mass is 9.88. The normalized spacial score (nSPS) is 12.0. The number of carbonyl (C=O) groups is 1. The zero-order valence-corrected chi connectivity index (χ0v) is 16.5. The smallest absolute Gasteiger partial charge is 0.310 e. The molecule has 0 spiro atoms. The van der Waals surface area contributed by atoms with Crippen molar-refractivity contribution in [3.63, 3.8) is 0 Å². The van der Waals surface area contributed by atoms with Crippen molar-refractivity contribution >= 4 is 29.2 Å². The van der Waals surface area contributed by atoms with Crippen molar-refractivity contribution in [2.45, 2.75) is 25.7 Å². The van der Waals surface area contributed by atoms with E-state index in [0.29, 0.717) is 16.5 Å². The van der Waals surface area contributed by atoms with E-state index in [-0.39, 0.29) is 0 Å². The van der Waals surface area contributed by atoms with Crippen LogP contribution in [-0.2, 0) is 4.79 Å². The summed E-state index contributed by atoms with van der Waals surface area (Å²) in [5.41, 5.74) is 4.74. The molecule has 4 heteroatoms. The molecule has 3 aromatic carbocycles. The first kappa shape index (κ1) is 19.5. The number of carboxylic acids is 1. The van der Waals surface area contributed by atoms with Crippen LogP contribution in [0.5, 0.6) is 0 Å². The standard InChI is InChI=1S/C23H20Cl2O2/c1-2-3-22(23(26)27)19-13-17(15-4-8-20(24)9-5-15)12-18(14-19)16-6-10-21(25)11-7-16/h4-14,22H,2-3H2,1H3,(H,26,27). The molecular formula is C23H20Cl2O2. The zero-order chi connectivity index (χ0) is 19.4. The molecule has 0 saturated heterocycles. The number of hydrogen-bond donors (Lipinski definition) is 1. The van der Waals surface area contributed by atoms with Crippen LogP contribution in [0.25, 0.3) is 22.3 Å². The fraction of sp³-hybridized carbons (Fsp3) is 0.174. The van der Waals surface area contributed by atoms with Gasteiger partial charge in [-0.15, -0.1) is 0 Å². The van der Waals surface area contributed by atoms with E-state index in [9.17, 15) is 9.90 Å². The number of halogens is 2. The number of aliphatic carboxylic acids is 1. The molecule has 0 aliphatic rings. The van der Waals surface area contributed by atoms with Crippen molar-refractivity contribution in [3.05, 3.63) is 82.3 Å². The lowest BCUT2D eigenvalue weighted by Gasteiger charge is -2.16. The van der Waals surface area contributed by atoms with Gasteiger partial charge in [0.25, 0.3) is 0 Å². The van der Waals surface area contributed by atoms with Gasteiger partial charge in [0.15, 0.2) is 0 Å². The molecule has 0 radical (unpaired) electrons. The van der Waals surface area contributed by atoms with E-state index in [1.807, 2.05) is 67.6 Å². The largest absolute Gasteiger partial charge is 0.481 e. The highest BCUT2D eigenvalue weighted by Crippen LogP contribution is 2.33. The summed E-state index contributed by atoms with van der Waals surface area (Å²) in [5.74, 6) is -1.33. The van der Waals surface area contributed by atoms with Crippen molar-refractivity contribution in [1.82, 2.24) is 0 Å². The zero-order valence-electron chi connectivity index (χ0n) is 15.0. The van der Waals surface area contributed by atoms with Crippen LogP contribution in [0.3, 0.4) is 0 Å². The molecule has 0 heterocycles. The second-order valence-electron chi connectivity index (χ2n) is 6.54. The third-order valence-electron chi connectivity index (χ3n) is 4.59. The molecule has 0 aliphatic heterocycles. The number of hydrogen-bond acceptors (Lipinski definition) is 1. The topological polar surface area (TPSA) is 37.3 Å². The minimum absolute atomic E-state index is 0.534. The minimum atomic E-state index is -0.799. The first-order valence-corrected chi connectivity index (χ1v) is 9.63. The molecule has 138 valence electrons. The van der Waals surface area contributed by atoms with Crippen molar-refractivity contribution in [1.29, 1.82) is 0 Å². The van der Waals surface area contributed by atoms with Gasteiger partial charge in [-0.05, 0) is 64.6 Å². The SMILES string of the molecule is CCCC(C(=O)O)c1cc(-c2ccc(Cl)cc2)cc(-c2ccc(Cl)cc2)c1. The van der Waals surface area contributed by atoms with Crippen LogP contribution in [0.2, 0.25) is 10.0 Å². The monoisotopic (exact) mass is 398 g/mol. The molecule has 1 atom stereocenters. The molecule has 0 amide bonds. The van der Waals surface area contributed by atoms with Crippen LogP contribution in [0.4, 0.5) is 0 Å². The van der Waals surface area contributed by atoms with Gasteiger partial charge in [0.2, 0.25) is 0 Å². The van der Waals surface area contributed by atoms with Gasteiger partial charge in [-0.3, -0.25) is 4.79 Å². The highest BCUT2D eigenvalue weighted by atomic mass is 35.5. The Balaban J connectivity index is 2.16. The van der Waals surface area contributed by atoms with E-state index >= 15 is 0 Å². The Morgan fingerprint density at radius 2 is 1.26 bits per heavy atom. The first-order valence-electron chi connectivity index (χ1n) is 8.87. The highest BCUT2D eigenvalue weighted by Gasteiger charge is 2.20. The Bertz CT molecular complexity index is 868. The lowest BCUT2D eigenvalue weighted by Crippen LogP contribution is -2.11. The van der Waals surface area contributed by atoms with Crippen molar-refractivity contribution in [2.75, 3.05) is 0 Å². The van der Waals surface area contributed by atoms with Gasteiger partial charge < -0.3 is 5.11 Å². The molecule has 0 saturated carbocycles. The Kier molecular flexibility index (Phi) is 6.20. The maximum Gasteiger partial charge on any atom is 0.310 e. The van der Waals surface area contributed by atoms with Crippen LogP contribution < -0.4 is 0 Å². The third kappa shape index (κ3) is 4.71. The van der Waals surface area contributed by atoms with Crippen LogP contribution in [-0.4, -0.2) is 11.1 Å². The molecule has 0 aromatic heterocycles. The highest BCUT2D eigenvalue weighted by molar-refractivity contribution is 6.30. The summed E-state index contributed by atoms with van der Waals surface area (Å²) in [6.45, 7) is 2.00. The number of rotatable bonds is 6. The number of carboxylic acid groups (broad SMARTS) is 1. The summed E-state index contributed by atoms with van der Waals surface area (Å²) in [5, 5.41) is 11.1. The van der Waals surface area contributed by atoms with Gasteiger partial charge in [-0.2, -0.15) is 0 Å². The van der Waals surface area contributed by atoms with Gasteiger partial charge in [-0.25, -0.2) is 0 Å². The van der Waals surface area contributed by atoms with Gasteiger partial charge in [0.1, 0.15) is 0 Å². The molecule has 27 heavy (non-hydrogen) atoms. The maximum atomic E-state index is 11.8. The molecular weight excluding hydrogens is 379 g/mol. The maximum absolute atomic E-state index is 11.8. The van der Waals surface area contributed by atoms with Gasteiger partial charge in [0, 0.05) is 10.0 Å². The minimum Gasteiger partial charge on any atom is -0.481 e. The van der Waals surface area contributed by atoms with Crippen LogP contribution in [0.1, 0.15) is 31.2 Å². The molecule has 0 fully saturated rings. The van der Waals surface area contributed by atoms with E-state index in [0.717, 1.165) is 34.2 Å². The number of benzene rings is 3. The van der Waals surface area contributed by atoms with Crippen molar-refractivity contribution < 1.29 is 9.90 Å². The predicted molar refractivity (Wildman–Crippen MR) is 113 cm³/mol. The van der Waals surface area contributed by atoms with Gasteiger partial charge >= 0.3 is 5.97 Å². The van der Waals surface area contributed by atoms with Crippen LogP contribution in [0, 0.1) is 0 Å². The summed E-state index contributed by atoms with van der Waals surface area (Å²) in [7, 11) is 0. The summed E-state index contributed by atoms with van der Waals surface area (Å²) < 4.78 is 0. The van der Waals surface area contributed by atoms with Crippen LogP contribution in [0.15, 0.2) is 66.7 Å². The Labute approximate surface area is 169 Å². The van der Waals surface area contributed by atoms with E-state index in [1.54, 1.807) is 0 Å². The first-order chi connectivity index (χ1) is 13.0. The van der Waals surface area contributed by atoms with Crippen molar-refractivity contribution in [2.24, 2.45) is 0 Å². The third-order valence-corrected chi connectivity index (χ3v) is 5.09.